The van der Waals surface area contributed by atoms with E-state index in [4.69, 9.17) is 4.99 Å². The highest BCUT2D eigenvalue weighted by Gasteiger charge is 2.46. The van der Waals surface area contributed by atoms with Crippen molar-refractivity contribution in [3.63, 3.8) is 0 Å². The molecule has 3 heteroatoms. The van der Waals surface area contributed by atoms with Gasteiger partial charge in [0.2, 0.25) is 0 Å². The van der Waals surface area contributed by atoms with Gasteiger partial charge in [0.15, 0.2) is 0 Å². The van der Waals surface area contributed by atoms with Gasteiger partial charge in [0, 0.05) is 21.9 Å². The first-order chi connectivity index (χ1) is 26.7. The van der Waals surface area contributed by atoms with E-state index in [2.05, 4.69) is 150 Å². The van der Waals surface area contributed by atoms with Gasteiger partial charge in [-0.1, -0.05) is 182 Å². The Labute approximate surface area is 314 Å². The predicted octanol–water partition coefficient (Wildman–Crippen LogP) is 12.4. The second-order valence-corrected chi connectivity index (χ2v) is 13.9. The van der Waals surface area contributed by atoms with Gasteiger partial charge in [-0.2, -0.15) is 0 Å². The van der Waals surface area contributed by atoms with Crippen molar-refractivity contribution in [2.45, 2.75) is 5.41 Å². The number of nitrogens with one attached hydrogen (secondary N) is 1. The Morgan fingerprint density at radius 2 is 1.09 bits per heavy atom. The smallest absolute Gasteiger partial charge is 0.100 e. The number of benzene rings is 8. The summed E-state index contributed by atoms with van der Waals surface area (Å²) in [6.45, 7) is 0. The number of aliphatic imine (C=N–C) groups is 1. The van der Waals surface area contributed by atoms with Crippen LogP contribution in [-0.2, 0) is 5.41 Å². The monoisotopic (exact) mass is 689 g/mol. The topological polar surface area (TPSA) is 41.1 Å². The lowest BCUT2D eigenvalue weighted by Crippen LogP contribution is -2.28. The Kier molecular flexibility index (Phi) is 7.52. The molecule has 0 spiro atoms. The van der Waals surface area contributed by atoms with Crippen LogP contribution in [0.1, 0.15) is 33.4 Å². The first kappa shape index (κ1) is 31.6. The molecule has 1 aromatic heterocycles. The standard InChI is InChI=1S/C51H35N3/c52-50(37-30-28-36(29-31-37)35-16-4-1-5-17-35)41-23-11-14-26-45(41)53-34-54-46-27-15-12-24-42(46)49-47(54)33-32-44-48(49)40-22-10-13-25-43(40)51(44,38-18-6-2-7-19-38)39-20-8-3-9-21-39/h1-34,52H. The average Bonchev–Trinajstić information content (AvgIpc) is 3.74. The molecule has 3 nitrogen and oxygen atoms in total. The molecule has 1 aliphatic carbocycles. The number of rotatable bonds is 7. The average molecular weight is 690 g/mol. The first-order valence-electron chi connectivity index (χ1n) is 18.4. The molecule has 0 bridgehead atoms. The van der Waals surface area contributed by atoms with Crippen molar-refractivity contribution in [3.05, 3.63) is 234 Å². The zero-order chi connectivity index (χ0) is 36.1. The molecule has 254 valence electrons. The minimum absolute atomic E-state index is 0.442. The van der Waals surface area contributed by atoms with Crippen LogP contribution >= 0.6 is 0 Å². The normalized spacial score (nSPS) is 13.0. The summed E-state index contributed by atoms with van der Waals surface area (Å²) in [5.74, 6) is 0. The quantitative estimate of drug-likeness (QED) is 0.128. The lowest BCUT2D eigenvalue weighted by Gasteiger charge is -2.33. The molecule has 0 saturated heterocycles. The van der Waals surface area contributed by atoms with Crippen molar-refractivity contribution in [2.24, 2.45) is 4.99 Å². The van der Waals surface area contributed by atoms with Gasteiger partial charge >= 0.3 is 0 Å². The van der Waals surface area contributed by atoms with Gasteiger partial charge in [0.05, 0.1) is 27.8 Å². The summed E-state index contributed by atoms with van der Waals surface area (Å²) < 4.78 is 2.22. The maximum Gasteiger partial charge on any atom is 0.100 e. The SMILES string of the molecule is N=C(c1ccc(-c2ccccc2)cc1)c1ccccc1N=Cn1c2ccccc2c2c3c(ccc21)C(c1ccccc1)(c1ccccc1)c1ccccc1-3. The molecule has 9 aromatic rings. The van der Waals surface area contributed by atoms with E-state index in [9.17, 15) is 5.41 Å². The van der Waals surface area contributed by atoms with E-state index >= 15 is 0 Å². The Morgan fingerprint density at radius 3 is 1.83 bits per heavy atom. The van der Waals surface area contributed by atoms with E-state index in [0.29, 0.717) is 5.71 Å². The van der Waals surface area contributed by atoms with Crippen molar-refractivity contribution < 1.29 is 0 Å². The fraction of sp³-hybridized carbons (Fsp3) is 0.0196. The molecule has 1 N–H and O–H groups in total. The van der Waals surface area contributed by atoms with Crippen molar-refractivity contribution in [2.75, 3.05) is 0 Å². The van der Waals surface area contributed by atoms with Crippen LogP contribution < -0.4 is 0 Å². The second kappa shape index (κ2) is 12.8. The van der Waals surface area contributed by atoms with Crippen LogP contribution in [-0.4, -0.2) is 16.6 Å². The highest BCUT2D eigenvalue weighted by Crippen LogP contribution is 2.58. The number of hydrogen-bond donors (Lipinski definition) is 1. The van der Waals surface area contributed by atoms with E-state index in [0.717, 1.165) is 39.0 Å². The van der Waals surface area contributed by atoms with Gasteiger partial charge in [-0.15, -0.1) is 0 Å². The zero-order valence-electron chi connectivity index (χ0n) is 29.5. The van der Waals surface area contributed by atoms with Crippen LogP contribution in [0.15, 0.2) is 205 Å². The summed E-state index contributed by atoms with van der Waals surface area (Å²) in [4.78, 5) is 5.12. The molecular formula is C51H35N3. The van der Waals surface area contributed by atoms with Gasteiger partial charge in [0.1, 0.15) is 6.34 Å². The number of nitrogens with zero attached hydrogens (tertiary/aromatic N) is 2. The lowest BCUT2D eigenvalue weighted by atomic mass is 9.67. The summed E-state index contributed by atoms with van der Waals surface area (Å²) in [5.41, 5.74) is 14.4. The van der Waals surface area contributed by atoms with E-state index in [1.807, 2.05) is 60.9 Å². The predicted molar refractivity (Wildman–Crippen MR) is 225 cm³/mol. The molecule has 0 radical (unpaired) electrons. The summed E-state index contributed by atoms with van der Waals surface area (Å²) in [5, 5.41) is 11.7. The summed E-state index contributed by atoms with van der Waals surface area (Å²) >= 11 is 0. The molecule has 0 fully saturated rings. The minimum atomic E-state index is -0.474. The van der Waals surface area contributed by atoms with Gasteiger partial charge in [-0.25, -0.2) is 4.99 Å². The number of para-hydroxylation sites is 2. The zero-order valence-corrected chi connectivity index (χ0v) is 29.5. The Balaban J connectivity index is 1.13. The summed E-state index contributed by atoms with van der Waals surface area (Å²) in [7, 11) is 0. The van der Waals surface area contributed by atoms with Crippen LogP contribution in [0.25, 0.3) is 44.1 Å². The fourth-order valence-electron chi connectivity index (χ4n) is 8.68. The molecule has 0 amide bonds. The molecule has 0 atom stereocenters. The summed E-state index contributed by atoms with van der Waals surface area (Å²) in [6.07, 6.45) is 1.93. The van der Waals surface area contributed by atoms with E-state index < -0.39 is 5.41 Å². The van der Waals surface area contributed by atoms with Gasteiger partial charge < -0.3 is 0 Å². The van der Waals surface area contributed by atoms with Crippen molar-refractivity contribution >= 4 is 39.5 Å². The third-order valence-electron chi connectivity index (χ3n) is 11.1. The van der Waals surface area contributed by atoms with Gasteiger partial charge in [-0.05, 0) is 62.7 Å². The van der Waals surface area contributed by atoms with Crippen LogP contribution in [0, 0.1) is 5.41 Å². The maximum absolute atomic E-state index is 9.25. The lowest BCUT2D eigenvalue weighted by molar-refractivity contribution is 0.769. The molecular weight excluding hydrogens is 655 g/mol. The van der Waals surface area contributed by atoms with E-state index in [1.54, 1.807) is 0 Å². The fourth-order valence-corrected chi connectivity index (χ4v) is 8.68. The first-order valence-corrected chi connectivity index (χ1v) is 18.4. The highest BCUT2D eigenvalue weighted by molar-refractivity contribution is 6.20. The third kappa shape index (κ3) is 4.83. The van der Waals surface area contributed by atoms with Gasteiger partial charge in [0.25, 0.3) is 0 Å². The molecule has 54 heavy (non-hydrogen) atoms. The second-order valence-electron chi connectivity index (χ2n) is 13.9. The Bertz CT molecular complexity index is 2830. The molecule has 8 aromatic carbocycles. The van der Waals surface area contributed by atoms with Crippen LogP contribution in [0.2, 0.25) is 0 Å². The minimum Gasteiger partial charge on any atom is -0.300 e. The van der Waals surface area contributed by atoms with Gasteiger partial charge in [-0.3, -0.25) is 9.98 Å². The maximum atomic E-state index is 9.25. The number of fused-ring (bicyclic) bond motifs is 7. The van der Waals surface area contributed by atoms with Crippen molar-refractivity contribution in [3.8, 4) is 22.3 Å². The number of aromatic nitrogens is 1. The summed E-state index contributed by atoms with van der Waals surface area (Å²) in [6, 6.07) is 70.6. The largest absolute Gasteiger partial charge is 0.300 e. The van der Waals surface area contributed by atoms with Crippen LogP contribution in [0.3, 0.4) is 0 Å². The molecule has 1 heterocycles. The molecule has 0 aliphatic heterocycles. The van der Waals surface area contributed by atoms with Crippen molar-refractivity contribution in [1.29, 1.82) is 5.41 Å². The molecule has 10 rings (SSSR count). The van der Waals surface area contributed by atoms with Crippen molar-refractivity contribution in [1.82, 2.24) is 4.57 Å². The molecule has 0 unspecified atom stereocenters. The third-order valence-corrected chi connectivity index (χ3v) is 11.1. The van der Waals surface area contributed by atoms with E-state index in [1.165, 1.54) is 44.2 Å². The molecule has 0 saturated carbocycles. The highest BCUT2D eigenvalue weighted by atomic mass is 15.0. The van der Waals surface area contributed by atoms with E-state index in [-0.39, 0.29) is 0 Å². The number of hydrogen-bond acceptors (Lipinski definition) is 2. The van der Waals surface area contributed by atoms with Crippen LogP contribution in [0.5, 0.6) is 0 Å². The Hall–Kier alpha value is -7.10. The molecule has 1 aliphatic rings. The van der Waals surface area contributed by atoms with Crippen LogP contribution in [0.4, 0.5) is 5.69 Å². The Morgan fingerprint density at radius 1 is 0.500 bits per heavy atom.